The number of alkyl halides is 2. The predicted molar refractivity (Wildman–Crippen MR) is 60.7 cm³/mol. The Balaban J connectivity index is 4.05. The van der Waals surface area contributed by atoms with Crippen LogP contribution in [0.25, 0.3) is 0 Å². The molecule has 0 aliphatic rings. The highest BCUT2D eigenvalue weighted by atomic mass is 35.5. The van der Waals surface area contributed by atoms with Gasteiger partial charge in [0, 0.05) is 24.6 Å². The van der Waals surface area contributed by atoms with Crippen molar-refractivity contribution in [1.29, 1.82) is 0 Å². The topological polar surface area (TPSA) is 101 Å². The van der Waals surface area contributed by atoms with Crippen LogP contribution in [0.5, 0.6) is 0 Å². The summed E-state index contributed by atoms with van der Waals surface area (Å²) < 4.78 is 0. The molecule has 0 saturated heterocycles. The van der Waals surface area contributed by atoms with Crippen LogP contribution in [0.15, 0.2) is 0 Å². The Labute approximate surface area is 104 Å². The standard InChI is InChI=1S/C9H18Cl2O5/c10-3-5(12)1-7(14)9(16)8(15)2-6(13)4-11/h5-9,12-16H,1-4H2. The van der Waals surface area contributed by atoms with E-state index in [1.807, 2.05) is 0 Å². The molecule has 0 aromatic rings. The van der Waals surface area contributed by atoms with Crippen LogP contribution in [-0.2, 0) is 0 Å². The lowest BCUT2D eigenvalue weighted by molar-refractivity contribution is -0.0823. The van der Waals surface area contributed by atoms with Gasteiger partial charge in [0.05, 0.1) is 24.4 Å². The van der Waals surface area contributed by atoms with Crippen LogP contribution < -0.4 is 0 Å². The molecule has 0 bridgehead atoms. The van der Waals surface area contributed by atoms with Crippen LogP contribution in [0.3, 0.4) is 0 Å². The van der Waals surface area contributed by atoms with Gasteiger partial charge in [-0.25, -0.2) is 0 Å². The van der Waals surface area contributed by atoms with E-state index in [-0.39, 0.29) is 24.6 Å². The summed E-state index contributed by atoms with van der Waals surface area (Å²) in [6, 6.07) is 0. The Morgan fingerprint density at radius 3 is 1.25 bits per heavy atom. The second-order valence-corrected chi connectivity index (χ2v) is 4.33. The van der Waals surface area contributed by atoms with Crippen molar-refractivity contribution in [2.24, 2.45) is 0 Å². The monoisotopic (exact) mass is 276 g/mol. The van der Waals surface area contributed by atoms with E-state index in [1.165, 1.54) is 0 Å². The summed E-state index contributed by atoms with van der Waals surface area (Å²) >= 11 is 10.6. The molecule has 7 heteroatoms. The van der Waals surface area contributed by atoms with Crippen LogP contribution in [0.1, 0.15) is 12.8 Å². The summed E-state index contributed by atoms with van der Waals surface area (Å²) in [4.78, 5) is 0. The van der Waals surface area contributed by atoms with Crippen molar-refractivity contribution in [3.05, 3.63) is 0 Å². The predicted octanol–water partition coefficient (Wildman–Crippen LogP) is -0.951. The van der Waals surface area contributed by atoms with E-state index in [9.17, 15) is 15.3 Å². The molecule has 0 aromatic carbocycles. The zero-order valence-electron chi connectivity index (χ0n) is 8.71. The molecule has 4 unspecified atom stereocenters. The van der Waals surface area contributed by atoms with Gasteiger partial charge in [0.2, 0.25) is 0 Å². The fraction of sp³-hybridized carbons (Fsp3) is 1.00. The van der Waals surface area contributed by atoms with Crippen LogP contribution in [0, 0.1) is 0 Å². The first-order valence-electron chi connectivity index (χ1n) is 4.94. The van der Waals surface area contributed by atoms with Gasteiger partial charge in [-0.2, -0.15) is 0 Å². The van der Waals surface area contributed by atoms with Crippen molar-refractivity contribution < 1.29 is 25.5 Å². The molecule has 0 heterocycles. The lowest BCUT2D eigenvalue weighted by atomic mass is 9.99. The number of hydrogen-bond acceptors (Lipinski definition) is 5. The highest BCUT2D eigenvalue weighted by Gasteiger charge is 2.27. The minimum atomic E-state index is -1.45. The summed E-state index contributed by atoms with van der Waals surface area (Å²) in [6.45, 7) is 0. The van der Waals surface area contributed by atoms with Crippen LogP contribution in [-0.4, -0.2) is 67.8 Å². The van der Waals surface area contributed by atoms with E-state index < -0.39 is 30.5 Å². The molecule has 0 amide bonds. The molecule has 5 nitrogen and oxygen atoms in total. The average Bonchev–Trinajstić information content (AvgIpc) is 2.27. The van der Waals surface area contributed by atoms with Gasteiger partial charge in [-0.3, -0.25) is 0 Å². The minimum Gasteiger partial charge on any atom is -0.392 e. The number of rotatable bonds is 8. The van der Waals surface area contributed by atoms with E-state index in [0.717, 1.165) is 0 Å². The summed E-state index contributed by atoms with van der Waals surface area (Å²) in [5.74, 6) is -0.131. The van der Waals surface area contributed by atoms with Crippen LogP contribution in [0.2, 0.25) is 0 Å². The summed E-state index contributed by atoms with van der Waals surface area (Å²) in [6.07, 6.45) is -6.22. The summed E-state index contributed by atoms with van der Waals surface area (Å²) in [5.41, 5.74) is 0. The second-order valence-electron chi connectivity index (χ2n) is 3.71. The smallest absolute Gasteiger partial charge is 0.106 e. The van der Waals surface area contributed by atoms with Gasteiger partial charge in [-0.1, -0.05) is 0 Å². The number of aliphatic hydroxyl groups excluding tert-OH is 5. The van der Waals surface area contributed by atoms with Crippen molar-refractivity contribution in [3.63, 3.8) is 0 Å². The maximum Gasteiger partial charge on any atom is 0.106 e. The maximum absolute atomic E-state index is 9.47. The van der Waals surface area contributed by atoms with Crippen molar-refractivity contribution in [1.82, 2.24) is 0 Å². The van der Waals surface area contributed by atoms with E-state index in [2.05, 4.69) is 0 Å². The molecule has 0 aliphatic heterocycles. The molecule has 0 aromatic heterocycles. The molecular formula is C9H18Cl2O5. The largest absolute Gasteiger partial charge is 0.392 e. The minimum absolute atomic E-state index is 0.0653. The fourth-order valence-electron chi connectivity index (χ4n) is 1.22. The Morgan fingerprint density at radius 1 is 0.688 bits per heavy atom. The number of halogens is 2. The molecule has 0 rings (SSSR count). The van der Waals surface area contributed by atoms with E-state index in [4.69, 9.17) is 33.4 Å². The van der Waals surface area contributed by atoms with Gasteiger partial charge in [-0.05, 0) is 0 Å². The Morgan fingerprint density at radius 2 is 1.00 bits per heavy atom. The van der Waals surface area contributed by atoms with Gasteiger partial charge >= 0.3 is 0 Å². The summed E-state index contributed by atoms with van der Waals surface area (Å²) in [5, 5.41) is 46.6. The Bertz CT molecular complexity index is 165. The first-order valence-corrected chi connectivity index (χ1v) is 6.01. The zero-order chi connectivity index (χ0) is 12.7. The molecule has 0 saturated carbocycles. The average molecular weight is 277 g/mol. The van der Waals surface area contributed by atoms with Crippen molar-refractivity contribution in [2.75, 3.05) is 11.8 Å². The normalized spacial score (nSPS) is 21.2. The van der Waals surface area contributed by atoms with Crippen molar-refractivity contribution in [2.45, 2.75) is 43.4 Å². The molecule has 0 radical (unpaired) electrons. The fourth-order valence-corrected chi connectivity index (χ4v) is 1.47. The molecule has 98 valence electrons. The highest BCUT2D eigenvalue weighted by molar-refractivity contribution is 6.18. The van der Waals surface area contributed by atoms with Gasteiger partial charge in [0.25, 0.3) is 0 Å². The number of hydrogen-bond donors (Lipinski definition) is 5. The molecule has 0 fully saturated rings. The second kappa shape index (κ2) is 8.47. The number of aliphatic hydroxyl groups is 5. The Hall–Kier alpha value is 0.380. The maximum atomic E-state index is 9.47. The van der Waals surface area contributed by atoms with Crippen LogP contribution >= 0.6 is 23.2 Å². The molecule has 4 atom stereocenters. The van der Waals surface area contributed by atoms with Gasteiger partial charge in [0.1, 0.15) is 6.10 Å². The van der Waals surface area contributed by atoms with E-state index in [1.54, 1.807) is 0 Å². The van der Waals surface area contributed by atoms with Gasteiger partial charge in [0.15, 0.2) is 0 Å². The third-order valence-corrected chi connectivity index (χ3v) is 2.88. The molecule has 5 N–H and O–H groups in total. The quantitative estimate of drug-likeness (QED) is 0.368. The van der Waals surface area contributed by atoms with Gasteiger partial charge in [-0.15, -0.1) is 23.2 Å². The van der Waals surface area contributed by atoms with Crippen LogP contribution in [0.4, 0.5) is 0 Å². The third-order valence-electron chi connectivity index (χ3n) is 2.17. The first kappa shape index (κ1) is 16.4. The van der Waals surface area contributed by atoms with Crippen molar-refractivity contribution in [3.8, 4) is 0 Å². The van der Waals surface area contributed by atoms with Crippen molar-refractivity contribution >= 4 is 23.2 Å². The lowest BCUT2D eigenvalue weighted by Crippen LogP contribution is -2.41. The molecular weight excluding hydrogens is 259 g/mol. The van der Waals surface area contributed by atoms with E-state index in [0.29, 0.717) is 0 Å². The molecule has 0 aliphatic carbocycles. The van der Waals surface area contributed by atoms with Gasteiger partial charge < -0.3 is 25.5 Å². The van der Waals surface area contributed by atoms with E-state index >= 15 is 0 Å². The molecule has 16 heavy (non-hydrogen) atoms. The molecule has 0 spiro atoms. The highest BCUT2D eigenvalue weighted by Crippen LogP contribution is 2.12. The lowest BCUT2D eigenvalue weighted by Gasteiger charge is -2.25. The zero-order valence-corrected chi connectivity index (χ0v) is 10.2. The third kappa shape index (κ3) is 6.20. The SMILES string of the molecule is OC(CCl)CC(O)C(O)C(O)CC(O)CCl. The Kier molecular flexibility index (Phi) is 8.67. The first-order chi connectivity index (χ1) is 7.42. The summed E-state index contributed by atoms with van der Waals surface area (Å²) in [7, 11) is 0.